The number of nitrogens with zero attached hydrogens (tertiary/aromatic N) is 3. The maximum Gasteiger partial charge on any atom is 0.258 e. The molecule has 2 aliphatic heterocycles. The number of nitrogens with one attached hydrogen (secondary N) is 2. The first-order valence-corrected chi connectivity index (χ1v) is 16.5. The summed E-state index contributed by atoms with van der Waals surface area (Å²) in [4.78, 5) is 46.1. The Hall–Kier alpha value is -4.41. The maximum atomic E-state index is 13.9. The van der Waals surface area contributed by atoms with Crippen LogP contribution in [0.25, 0.3) is 0 Å². The van der Waals surface area contributed by atoms with Gasteiger partial charge >= 0.3 is 0 Å². The Labute approximate surface area is 278 Å². The van der Waals surface area contributed by atoms with Crippen molar-refractivity contribution in [2.45, 2.75) is 51.7 Å². The van der Waals surface area contributed by atoms with Gasteiger partial charge in [-0.05, 0) is 80.8 Å². The third kappa shape index (κ3) is 7.44. The van der Waals surface area contributed by atoms with Gasteiger partial charge in [0, 0.05) is 51.8 Å². The lowest BCUT2D eigenvalue weighted by Gasteiger charge is -2.44. The zero-order chi connectivity index (χ0) is 33.6. The number of likely N-dealkylation sites (N-methyl/N-ethyl adjacent to an activating group) is 1. The summed E-state index contributed by atoms with van der Waals surface area (Å²) in [5, 5.41) is 6.32. The highest BCUT2D eigenvalue weighted by Crippen LogP contribution is 2.36. The van der Waals surface area contributed by atoms with Crippen LogP contribution in [0.15, 0.2) is 54.6 Å². The van der Waals surface area contributed by atoms with Gasteiger partial charge in [-0.25, -0.2) is 0 Å². The van der Waals surface area contributed by atoms with E-state index in [4.69, 9.17) is 9.47 Å². The highest BCUT2D eigenvalue weighted by Gasteiger charge is 2.41. The van der Waals surface area contributed by atoms with Gasteiger partial charge in [-0.3, -0.25) is 19.3 Å². The van der Waals surface area contributed by atoms with E-state index in [2.05, 4.69) is 34.4 Å². The van der Waals surface area contributed by atoms with E-state index in [0.717, 1.165) is 68.4 Å². The smallest absolute Gasteiger partial charge is 0.258 e. The van der Waals surface area contributed by atoms with E-state index in [0.29, 0.717) is 53.5 Å². The van der Waals surface area contributed by atoms with Gasteiger partial charge in [0.2, 0.25) is 5.72 Å². The summed E-state index contributed by atoms with van der Waals surface area (Å²) in [6.07, 6.45) is 5.19. The molecule has 1 saturated heterocycles. The van der Waals surface area contributed by atoms with Crippen molar-refractivity contribution in [1.82, 2.24) is 9.80 Å². The molecule has 2 heterocycles. The number of rotatable bonds is 12. The van der Waals surface area contributed by atoms with E-state index in [1.165, 1.54) is 12.0 Å². The molecule has 3 aromatic carbocycles. The minimum Gasteiger partial charge on any atom is -0.495 e. The summed E-state index contributed by atoms with van der Waals surface area (Å²) in [5.74, 6) is 0.291. The fourth-order valence-corrected chi connectivity index (χ4v) is 6.34. The van der Waals surface area contributed by atoms with Crippen LogP contribution in [0.3, 0.4) is 0 Å². The minimum atomic E-state index is -1.14. The number of para-hydroxylation sites is 1. The number of benzene rings is 3. The van der Waals surface area contributed by atoms with E-state index in [-0.39, 0.29) is 11.8 Å². The van der Waals surface area contributed by atoms with Gasteiger partial charge in [0.1, 0.15) is 11.5 Å². The SMILES string of the molecule is CCCCC(C=O)(Oc1cc(C)ccc1N(C)C(=O)c1ccc(NC(=O)c2cccc3c2NCCC3)c(OC)c1)N1CCN(C)CC1. The van der Waals surface area contributed by atoms with E-state index in [9.17, 15) is 14.4 Å². The lowest BCUT2D eigenvalue weighted by Crippen LogP contribution is -2.60. The molecule has 5 rings (SSSR count). The van der Waals surface area contributed by atoms with Gasteiger partial charge < -0.3 is 29.9 Å². The van der Waals surface area contributed by atoms with Crippen LogP contribution in [0.4, 0.5) is 17.1 Å². The van der Waals surface area contributed by atoms with Gasteiger partial charge in [-0.2, -0.15) is 0 Å². The first kappa shape index (κ1) is 33.9. The zero-order valence-electron chi connectivity index (χ0n) is 28.2. The first-order valence-electron chi connectivity index (χ1n) is 16.5. The van der Waals surface area contributed by atoms with Gasteiger partial charge in [-0.1, -0.05) is 31.5 Å². The minimum absolute atomic E-state index is 0.255. The number of carbonyl (C=O) groups excluding carboxylic acids is 3. The predicted molar refractivity (Wildman–Crippen MR) is 186 cm³/mol. The van der Waals surface area contributed by atoms with Crippen molar-refractivity contribution < 1.29 is 23.9 Å². The van der Waals surface area contributed by atoms with Gasteiger partial charge in [0.05, 0.1) is 29.7 Å². The molecule has 2 N–H and O–H groups in total. The number of methoxy groups -OCH3 is 1. The second-order valence-corrected chi connectivity index (χ2v) is 12.5. The number of ether oxygens (including phenoxy) is 2. The molecule has 0 spiro atoms. The fourth-order valence-electron chi connectivity index (χ4n) is 6.34. The molecule has 0 aromatic heterocycles. The van der Waals surface area contributed by atoms with Crippen LogP contribution in [-0.2, 0) is 11.2 Å². The lowest BCUT2D eigenvalue weighted by atomic mass is 9.99. The number of aryl methyl sites for hydroxylation is 2. The Balaban J connectivity index is 1.39. The Morgan fingerprint density at radius 1 is 1.06 bits per heavy atom. The molecule has 1 fully saturated rings. The average Bonchev–Trinajstić information content (AvgIpc) is 3.09. The summed E-state index contributed by atoms with van der Waals surface area (Å²) < 4.78 is 12.3. The summed E-state index contributed by atoms with van der Waals surface area (Å²) in [6.45, 7) is 7.98. The molecule has 2 amide bonds. The molecule has 1 unspecified atom stereocenters. The quantitative estimate of drug-likeness (QED) is 0.247. The number of hydrogen-bond donors (Lipinski definition) is 2. The van der Waals surface area contributed by atoms with Crippen molar-refractivity contribution in [1.29, 1.82) is 0 Å². The fraction of sp³-hybridized carbons (Fsp3) is 0.432. The van der Waals surface area contributed by atoms with Crippen LogP contribution >= 0.6 is 0 Å². The number of unbranched alkanes of at least 4 members (excludes halogenated alkanes) is 1. The third-order valence-electron chi connectivity index (χ3n) is 9.20. The van der Waals surface area contributed by atoms with Crippen LogP contribution < -0.4 is 25.0 Å². The van der Waals surface area contributed by atoms with Gasteiger partial charge in [0.15, 0.2) is 6.29 Å². The van der Waals surface area contributed by atoms with Crippen molar-refractivity contribution in [3.05, 3.63) is 76.9 Å². The molecule has 3 aromatic rings. The molecule has 2 aliphatic rings. The molecule has 1 atom stereocenters. The molecular weight excluding hydrogens is 594 g/mol. The van der Waals surface area contributed by atoms with E-state index in [1.54, 1.807) is 31.3 Å². The van der Waals surface area contributed by atoms with Crippen LogP contribution in [0.5, 0.6) is 11.5 Å². The highest BCUT2D eigenvalue weighted by molar-refractivity contribution is 6.10. The second kappa shape index (κ2) is 15.0. The number of aldehydes is 1. The van der Waals surface area contributed by atoms with Gasteiger partial charge in [0.25, 0.3) is 11.8 Å². The summed E-state index contributed by atoms with van der Waals surface area (Å²) in [6, 6.07) is 16.4. The lowest BCUT2D eigenvalue weighted by molar-refractivity contribution is -0.146. The number of hydrogen-bond acceptors (Lipinski definition) is 8. The third-order valence-corrected chi connectivity index (χ3v) is 9.20. The Kier molecular flexibility index (Phi) is 10.8. The monoisotopic (exact) mass is 641 g/mol. The maximum absolute atomic E-state index is 13.9. The van der Waals surface area contributed by atoms with Crippen molar-refractivity contribution in [3.63, 3.8) is 0 Å². The van der Waals surface area contributed by atoms with Crippen LogP contribution in [0.2, 0.25) is 0 Å². The normalized spacial score (nSPS) is 16.3. The summed E-state index contributed by atoms with van der Waals surface area (Å²) >= 11 is 0. The highest BCUT2D eigenvalue weighted by atomic mass is 16.5. The van der Waals surface area contributed by atoms with Crippen molar-refractivity contribution in [2.24, 2.45) is 0 Å². The van der Waals surface area contributed by atoms with Crippen LogP contribution in [0.1, 0.15) is 64.4 Å². The largest absolute Gasteiger partial charge is 0.495 e. The number of fused-ring (bicyclic) bond motifs is 1. The standard InChI is InChI=1S/C37H47N5O5/c1-6-7-17-37(25-43,42-21-19-40(3)20-22-42)47-33-23-26(2)13-16-31(33)41(4)36(45)28-14-15-30(32(24-28)46-5)39-35(44)29-12-8-10-27-11-9-18-38-34(27)29/h8,10,12-16,23-25,38H,6-7,9,11,17-22H2,1-5H3,(H,39,44). The molecule has 0 radical (unpaired) electrons. The van der Waals surface area contributed by atoms with E-state index >= 15 is 0 Å². The number of anilines is 3. The van der Waals surface area contributed by atoms with Crippen LogP contribution in [0, 0.1) is 6.92 Å². The molecule has 0 aliphatic carbocycles. The number of amides is 2. The number of piperazine rings is 1. The van der Waals surface area contributed by atoms with Crippen molar-refractivity contribution in [3.8, 4) is 11.5 Å². The molecule has 47 heavy (non-hydrogen) atoms. The number of carbonyl (C=O) groups is 3. The molecule has 0 saturated carbocycles. The zero-order valence-corrected chi connectivity index (χ0v) is 28.2. The van der Waals surface area contributed by atoms with Gasteiger partial charge in [-0.15, -0.1) is 0 Å². The first-order chi connectivity index (χ1) is 22.7. The molecular formula is C37H47N5O5. The Morgan fingerprint density at radius 3 is 2.57 bits per heavy atom. The molecule has 10 heteroatoms. The Bertz CT molecular complexity index is 1600. The molecule has 0 bridgehead atoms. The predicted octanol–water partition coefficient (Wildman–Crippen LogP) is 5.60. The average molecular weight is 642 g/mol. The van der Waals surface area contributed by atoms with E-state index < -0.39 is 5.72 Å². The van der Waals surface area contributed by atoms with Crippen molar-refractivity contribution >= 4 is 35.2 Å². The van der Waals surface area contributed by atoms with Crippen LogP contribution in [-0.4, -0.2) is 87.6 Å². The van der Waals surface area contributed by atoms with Crippen molar-refractivity contribution in [2.75, 3.05) is 69.5 Å². The Morgan fingerprint density at radius 2 is 1.85 bits per heavy atom. The summed E-state index contributed by atoms with van der Waals surface area (Å²) in [7, 11) is 5.28. The molecule has 10 nitrogen and oxygen atoms in total. The second-order valence-electron chi connectivity index (χ2n) is 12.5. The topological polar surface area (TPSA) is 103 Å². The van der Waals surface area contributed by atoms with E-state index in [1.807, 2.05) is 37.3 Å². The summed E-state index contributed by atoms with van der Waals surface area (Å²) in [5.41, 5.74) is 3.75. The molecule has 250 valence electrons.